The zero-order valence-corrected chi connectivity index (χ0v) is 13.6. The molecule has 1 amide bonds. The molecule has 0 fully saturated rings. The maximum Gasteiger partial charge on any atom is 0.252 e. The van der Waals surface area contributed by atoms with Gasteiger partial charge in [0.1, 0.15) is 11.6 Å². The summed E-state index contributed by atoms with van der Waals surface area (Å²) in [6.45, 7) is 7.99. The van der Waals surface area contributed by atoms with Gasteiger partial charge in [0, 0.05) is 30.8 Å². The molecule has 0 spiro atoms. The molecule has 0 atom stereocenters. The molecule has 0 saturated heterocycles. The van der Waals surface area contributed by atoms with Crippen LogP contribution in [0.2, 0.25) is 0 Å². The van der Waals surface area contributed by atoms with Crippen LogP contribution in [0.25, 0.3) is 0 Å². The first kappa shape index (κ1) is 17.8. The average Bonchev–Trinajstić information content (AvgIpc) is 2.49. The number of hydrogen-bond donors (Lipinski definition) is 2. The van der Waals surface area contributed by atoms with Gasteiger partial charge in [0.2, 0.25) is 0 Å². The van der Waals surface area contributed by atoms with Gasteiger partial charge in [0.15, 0.2) is 0 Å². The highest BCUT2D eigenvalue weighted by Gasteiger charge is 2.08. The average molecular weight is 304 g/mol. The van der Waals surface area contributed by atoms with Crippen LogP contribution in [0, 0.1) is 5.92 Å². The topological polar surface area (TPSA) is 83.5 Å². The lowest BCUT2D eigenvalue weighted by Crippen LogP contribution is -2.25. The minimum atomic E-state index is -0.189. The maximum absolute atomic E-state index is 11.9. The van der Waals surface area contributed by atoms with Crippen molar-refractivity contribution in [2.24, 2.45) is 11.0 Å². The monoisotopic (exact) mass is 304 g/mol. The molecule has 22 heavy (non-hydrogen) atoms. The van der Waals surface area contributed by atoms with Crippen molar-refractivity contribution in [3.63, 3.8) is 0 Å². The number of ketones is 1. The predicted molar refractivity (Wildman–Crippen MR) is 88.1 cm³/mol. The molecule has 0 unspecified atom stereocenters. The zero-order chi connectivity index (χ0) is 16.5. The molecule has 0 radical (unpaired) electrons. The van der Waals surface area contributed by atoms with Gasteiger partial charge in [-0.1, -0.05) is 13.8 Å². The number of rotatable bonds is 8. The minimum Gasteiger partial charge on any atom is -0.352 e. The van der Waals surface area contributed by atoms with Crippen molar-refractivity contribution in [2.45, 2.75) is 40.5 Å². The first-order valence-corrected chi connectivity index (χ1v) is 7.44. The molecular weight excluding hydrogens is 280 g/mol. The second-order valence-electron chi connectivity index (χ2n) is 5.58. The van der Waals surface area contributed by atoms with E-state index < -0.39 is 0 Å². The van der Waals surface area contributed by atoms with Gasteiger partial charge >= 0.3 is 0 Å². The lowest BCUT2D eigenvalue weighted by atomic mass is 10.0. The van der Waals surface area contributed by atoms with Crippen molar-refractivity contribution in [1.82, 2.24) is 10.3 Å². The van der Waals surface area contributed by atoms with Gasteiger partial charge < -0.3 is 5.32 Å². The Morgan fingerprint density at radius 3 is 2.55 bits per heavy atom. The standard InChI is InChI=1S/C16H24N4O2/c1-11(2)14(21)6-5-9-17-16(22)13-7-8-15(18-10-13)20-19-12(3)4/h7-8,10-11H,5-6,9H2,1-4H3,(H,17,22)(H,18,20). The fourth-order valence-corrected chi connectivity index (χ4v) is 1.62. The second kappa shape index (κ2) is 8.92. The molecule has 120 valence electrons. The number of hydrazone groups is 1. The lowest BCUT2D eigenvalue weighted by Gasteiger charge is -2.07. The number of nitrogens with zero attached hydrogens (tertiary/aromatic N) is 2. The summed E-state index contributed by atoms with van der Waals surface area (Å²) in [6, 6.07) is 3.38. The quantitative estimate of drug-likeness (QED) is 0.439. The Kier molecular flexibility index (Phi) is 7.22. The van der Waals surface area contributed by atoms with Gasteiger partial charge in [-0.05, 0) is 32.4 Å². The van der Waals surface area contributed by atoms with E-state index in [2.05, 4.69) is 20.8 Å². The molecule has 1 aromatic rings. The summed E-state index contributed by atoms with van der Waals surface area (Å²) >= 11 is 0. The Bertz CT molecular complexity index is 532. The summed E-state index contributed by atoms with van der Waals surface area (Å²) in [5.74, 6) is 0.666. The summed E-state index contributed by atoms with van der Waals surface area (Å²) in [5, 5.41) is 6.82. The lowest BCUT2D eigenvalue weighted by molar-refractivity contribution is -0.121. The number of pyridine rings is 1. The summed E-state index contributed by atoms with van der Waals surface area (Å²) in [6.07, 6.45) is 2.64. The van der Waals surface area contributed by atoms with E-state index in [-0.39, 0.29) is 17.6 Å². The van der Waals surface area contributed by atoms with Crippen LogP contribution >= 0.6 is 0 Å². The van der Waals surface area contributed by atoms with E-state index in [0.717, 1.165) is 5.71 Å². The molecule has 2 N–H and O–H groups in total. The number of Topliss-reactive ketones (excluding diaryl/α,β-unsaturated/α-hetero) is 1. The highest BCUT2D eigenvalue weighted by Crippen LogP contribution is 2.06. The number of carbonyl (C=O) groups excluding carboxylic acids is 2. The summed E-state index contributed by atoms with van der Waals surface area (Å²) in [4.78, 5) is 27.5. The Morgan fingerprint density at radius 2 is 2.00 bits per heavy atom. The van der Waals surface area contributed by atoms with Gasteiger partial charge in [-0.15, -0.1) is 0 Å². The van der Waals surface area contributed by atoms with E-state index >= 15 is 0 Å². The van der Waals surface area contributed by atoms with Gasteiger partial charge in [0.25, 0.3) is 5.91 Å². The van der Waals surface area contributed by atoms with Crippen LogP contribution in [0.4, 0.5) is 5.82 Å². The smallest absolute Gasteiger partial charge is 0.252 e. The largest absolute Gasteiger partial charge is 0.352 e. The molecule has 6 nitrogen and oxygen atoms in total. The van der Waals surface area contributed by atoms with Gasteiger partial charge in [-0.3, -0.25) is 15.0 Å². The molecule has 1 aromatic heterocycles. The number of aromatic nitrogens is 1. The second-order valence-corrected chi connectivity index (χ2v) is 5.58. The van der Waals surface area contributed by atoms with Crippen molar-refractivity contribution >= 4 is 23.2 Å². The summed E-state index contributed by atoms with van der Waals surface area (Å²) in [5.41, 5.74) is 4.17. The Labute approximate surface area is 131 Å². The van der Waals surface area contributed by atoms with Crippen LogP contribution in [0.5, 0.6) is 0 Å². The zero-order valence-electron chi connectivity index (χ0n) is 13.6. The molecule has 1 rings (SSSR count). The normalized spacial score (nSPS) is 10.2. The Hall–Kier alpha value is -2.24. The van der Waals surface area contributed by atoms with Crippen LogP contribution in [-0.4, -0.2) is 28.9 Å². The highest BCUT2D eigenvalue weighted by molar-refractivity contribution is 5.94. The fourth-order valence-electron chi connectivity index (χ4n) is 1.62. The first-order valence-electron chi connectivity index (χ1n) is 7.44. The van der Waals surface area contributed by atoms with Crippen LogP contribution in [0.1, 0.15) is 50.9 Å². The van der Waals surface area contributed by atoms with Gasteiger partial charge in [-0.2, -0.15) is 5.10 Å². The van der Waals surface area contributed by atoms with E-state index in [1.165, 1.54) is 6.20 Å². The van der Waals surface area contributed by atoms with E-state index in [1.807, 2.05) is 27.7 Å². The van der Waals surface area contributed by atoms with Crippen molar-refractivity contribution < 1.29 is 9.59 Å². The molecular formula is C16H24N4O2. The Balaban J connectivity index is 2.39. The molecule has 0 aliphatic carbocycles. The third-order valence-corrected chi connectivity index (χ3v) is 2.95. The van der Waals surface area contributed by atoms with Crippen LogP contribution in [-0.2, 0) is 4.79 Å². The maximum atomic E-state index is 11.9. The molecule has 0 aliphatic rings. The third kappa shape index (κ3) is 6.47. The minimum absolute atomic E-state index is 0.0503. The number of hydrogen-bond acceptors (Lipinski definition) is 5. The van der Waals surface area contributed by atoms with Gasteiger partial charge in [-0.25, -0.2) is 4.98 Å². The molecule has 0 aliphatic heterocycles. The first-order chi connectivity index (χ1) is 10.4. The number of carbonyl (C=O) groups is 2. The molecule has 1 heterocycles. The van der Waals surface area contributed by atoms with Crippen molar-refractivity contribution in [2.75, 3.05) is 12.0 Å². The number of amides is 1. The SMILES string of the molecule is CC(C)=NNc1ccc(C(=O)NCCCC(=O)C(C)C)cn1. The van der Waals surface area contributed by atoms with Crippen molar-refractivity contribution in [3.8, 4) is 0 Å². The van der Waals surface area contributed by atoms with E-state index in [1.54, 1.807) is 12.1 Å². The van der Waals surface area contributed by atoms with Crippen LogP contribution in [0.3, 0.4) is 0 Å². The van der Waals surface area contributed by atoms with E-state index in [0.29, 0.717) is 30.8 Å². The van der Waals surface area contributed by atoms with Crippen LogP contribution < -0.4 is 10.7 Å². The summed E-state index contributed by atoms with van der Waals surface area (Å²) < 4.78 is 0. The van der Waals surface area contributed by atoms with Crippen LogP contribution in [0.15, 0.2) is 23.4 Å². The van der Waals surface area contributed by atoms with Gasteiger partial charge in [0.05, 0.1) is 5.56 Å². The van der Waals surface area contributed by atoms with E-state index in [9.17, 15) is 9.59 Å². The van der Waals surface area contributed by atoms with Crippen molar-refractivity contribution in [3.05, 3.63) is 23.9 Å². The molecule has 0 saturated carbocycles. The Morgan fingerprint density at radius 1 is 1.27 bits per heavy atom. The molecule has 6 heteroatoms. The highest BCUT2D eigenvalue weighted by atomic mass is 16.1. The molecule has 0 aromatic carbocycles. The summed E-state index contributed by atoms with van der Waals surface area (Å²) in [7, 11) is 0. The van der Waals surface area contributed by atoms with Crippen molar-refractivity contribution in [1.29, 1.82) is 0 Å². The van der Waals surface area contributed by atoms with E-state index in [4.69, 9.17) is 0 Å². The fraction of sp³-hybridized carbons (Fsp3) is 0.500. The molecule has 0 bridgehead atoms. The predicted octanol–water partition coefficient (Wildman–Crippen LogP) is 2.62. The number of anilines is 1. The number of nitrogens with one attached hydrogen (secondary N) is 2. The third-order valence-electron chi connectivity index (χ3n) is 2.95.